The van der Waals surface area contributed by atoms with Gasteiger partial charge >= 0.3 is 12.1 Å². The van der Waals surface area contributed by atoms with Crippen LogP contribution in [0.2, 0.25) is 0 Å². The Morgan fingerprint density at radius 3 is 2.57 bits per heavy atom. The zero-order valence-corrected chi connectivity index (χ0v) is 30.6. The largest absolute Gasteiger partial charge is 0.497 e. The van der Waals surface area contributed by atoms with E-state index in [0.29, 0.717) is 41.7 Å². The van der Waals surface area contributed by atoms with Crippen LogP contribution in [0.3, 0.4) is 0 Å². The summed E-state index contributed by atoms with van der Waals surface area (Å²) in [5, 5.41) is 6.43. The zero-order chi connectivity index (χ0) is 36.1. The van der Waals surface area contributed by atoms with Crippen molar-refractivity contribution in [2.45, 2.75) is 100 Å². The fourth-order valence-electron chi connectivity index (χ4n) is 7.44. The van der Waals surface area contributed by atoms with E-state index in [0.717, 1.165) is 44.9 Å². The first-order valence-electron chi connectivity index (χ1n) is 17.7. The number of carbonyl (C=O) groups excluding carboxylic acids is 5. The third kappa shape index (κ3) is 8.15. The van der Waals surface area contributed by atoms with Crippen LogP contribution in [0.5, 0.6) is 11.5 Å². The van der Waals surface area contributed by atoms with E-state index in [2.05, 4.69) is 31.5 Å². The molecule has 6 rings (SSSR count). The summed E-state index contributed by atoms with van der Waals surface area (Å²) in [6, 6.07) is 4.85. The van der Waals surface area contributed by atoms with Gasteiger partial charge in [-0.15, -0.1) is 0 Å². The van der Waals surface area contributed by atoms with Gasteiger partial charge in [-0.05, 0) is 63.5 Å². The molecule has 51 heavy (non-hydrogen) atoms. The number of ketones is 1. The normalized spacial score (nSPS) is 27.0. The second-order valence-electron chi connectivity index (χ2n) is 13.8. The number of halogens is 1. The van der Waals surface area contributed by atoms with Crippen LogP contribution < -0.4 is 20.1 Å². The number of rotatable bonds is 8. The second-order valence-corrected chi connectivity index (χ2v) is 14.3. The van der Waals surface area contributed by atoms with E-state index < -0.39 is 47.6 Å². The molecule has 1 aromatic carbocycles. The van der Waals surface area contributed by atoms with Crippen LogP contribution in [0, 0.1) is 5.92 Å². The molecule has 14 heteroatoms. The van der Waals surface area contributed by atoms with Crippen molar-refractivity contribution in [3.8, 4) is 11.5 Å². The summed E-state index contributed by atoms with van der Waals surface area (Å²) < 4.78 is 22.7. The maximum absolute atomic E-state index is 14.5. The molecule has 13 nitrogen and oxygen atoms in total. The van der Waals surface area contributed by atoms with Gasteiger partial charge in [0.15, 0.2) is 5.78 Å². The maximum atomic E-state index is 14.5. The lowest BCUT2D eigenvalue weighted by molar-refractivity contribution is -0.148. The molecular formula is C37H45BrN4O9. The summed E-state index contributed by atoms with van der Waals surface area (Å²) in [5.41, 5.74) is -0.567. The summed E-state index contributed by atoms with van der Waals surface area (Å²) >= 11 is 3.22. The lowest BCUT2D eigenvalue weighted by Gasteiger charge is -2.29. The number of allylic oxidation sites excluding steroid dienone is 1. The van der Waals surface area contributed by atoms with Crippen molar-refractivity contribution in [1.29, 1.82) is 0 Å². The first-order valence-corrected chi connectivity index (χ1v) is 18.9. The average Bonchev–Trinajstić information content (AvgIpc) is 3.41. The number of aromatic nitrogens is 1. The molecule has 2 N–H and O–H groups in total. The molecule has 2 aliphatic carbocycles. The van der Waals surface area contributed by atoms with E-state index >= 15 is 0 Å². The molecule has 2 saturated carbocycles. The van der Waals surface area contributed by atoms with Crippen molar-refractivity contribution in [2.24, 2.45) is 5.92 Å². The molecule has 0 bridgehead atoms. The maximum Gasteiger partial charge on any atom is 0.408 e. The number of methoxy groups -OCH3 is 2. The number of hydrogen-bond donors (Lipinski definition) is 2. The predicted molar refractivity (Wildman–Crippen MR) is 190 cm³/mol. The van der Waals surface area contributed by atoms with E-state index in [-0.39, 0.29) is 41.8 Å². The van der Waals surface area contributed by atoms with Crippen LogP contribution in [-0.4, -0.2) is 95.5 Å². The lowest BCUT2D eigenvalue weighted by atomic mass is 10.0. The summed E-state index contributed by atoms with van der Waals surface area (Å²) in [7, 11) is 2.83. The molecule has 0 radical (unpaired) electrons. The summed E-state index contributed by atoms with van der Waals surface area (Å²) in [6.07, 6.45) is 9.99. The lowest BCUT2D eigenvalue weighted by Crippen LogP contribution is -2.56. The quantitative estimate of drug-likeness (QED) is 0.166. The van der Waals surface area contributed by atoms with Gasteiger partial charge in [0.05, 0.1) is 31.6 Å². The van der Waals surface area contributed by atoms with Gasteiger partial charge in [-0.1, -0.05) is 40.9 Å². The summed E-state index contributed by atoms with van der Waals surface area (Å²) in [4.78, 5) is 73.5. The number of alkyl halides is 1. The molecule has 3 heterocycles. The molecule has 1 aromatic heterocycles. The Kier molecular flexibility index (Phi) is 11.5. The number of amides is 3. The van der Waals surface area contributed by atoms with Crippen molar-refractivity contribution < 1.29 is 42.9 Å². The predicted octanol–water partition coefficient (Wildman–Crippen LogP) is 4.77. The number of carbonyl (C=O) groups is 5. The van der Waals surface area contributed by atoms with E-state index in [4.69, 9.17) is 18.9 Å². The minimum absolute atomic E-state index is 0.0169. The highest BCUT2D eigenvalue weighted by Crippen LogP contribution is 2.46. The van der Waals surface area contributed by atoms with Crippen molar-refractivity contribution in [3.05, 3.63) is 42.1 Å². The smallest absolute Gasteiger partial charge is 0.408 e. The Labute approximate surface area is 305 Å². The van der Waals surface area contributed by atoms with E-state index in [1.807, 2.05) is 12.2 Å². The number of hydrogen-bond acceptors (Lipinski definition) is 10. The molecule has 3 amide bonds. The van der Waals surface area contributed by atoms with Gasteiger partial charge in [-0.2, -0.15) is 0 Å². The van der Waals surface area contributed by atoms with Gasteiger partial charge in [-0.3, -0.25) is 14.4 Å². The molecule has 274 valence electrons. The monoisotopic (exact) mass is 768 g/mol. The Bertz CT molecular complexity index is 1700. The van der Waals surface area contributed by atoms with Gasteiger partial charge < -0.3 is 34.5 Å². The van der Waals surface area contributed by atoms with Gasteiger partial charge in [-0.25, -0.2) is 14.6 Å². The fourth-order valence-corrected chi connectivity index (χ4v) is 7.73. The van der Waals surface area contributed by atoms with Gasteiger partial charge in [0.2, 0.25) is 11.8 Å². The highest BCUT2D eigenvalue weighted by atomic mass is 79.9. The number of nitrogens with one attached hydrogen (secondary N) is 2. The van der Waals surface area contributed by atoms with Gasteiger partial charge in [0.25, 0.3) is 0 Å². The van der Waals surface area contributed by atoms with Crippen LogP contribution in [0.25, 0.3) is 10.9 Å². The summed E-state index contributed by atoms with van der Waals surface area (Å²) in [5.74, 6) is -1.07. The molecule has 4 aliphatic rings. The average molecular weight is 770 g/mol. The van der Waals surface area contributed by atoms with Crippen molar-refractivity contribution >= 4 is 56.5 Å². The number of fused-ring (bicyclic) bond motifs is 3. The molecule has 3 fully saturated rings. The molecule has 0 unspecified atom stereocenters. The highest BCUT2D eigenvalue weighted by Gasteiger charge is 2.62. The van der Waals surface area contributed by atoms with Gasteiger partial charge in [0, 0.05) is 29.9 Å². The first-order chi connectivity index (χ1) is 24.6. The number of ether oxygens (including phenoxy) is 4. The van der Waals surface area contributed by atoms with Crippen molar-refractivity contribution in [2.75, 3.05) is 26.1 Å². The Hall–Kier alpha value is -4.20. The number of nitrogens with zero attached hydrogens (tertiary/aromatic N) is 2. The molecule has 0 spiro atoms. The number of alkyl carbamates (subject to hydrolysis) is 1. The van der Waals surface area contributed by atoms with E-state index in [1.54, 1.807) is 24.3 Å². The second kappa shape index (κ2) is 16.0. The van der Waals surface area contributed by atoms with Gasteiger partial charge in [0.1, 0.15) is 47.0 Å². The number of benzene rings is 1. The Morgan fingerprint density at radius 2 is 1.82 bits per heavy atom. The minimum Gasteiger partial charge on any atom is -0.497 e. The van der Waals surface area contributed by atoms with E-state index in [9.17, 15) is 24.0 Å². The fraction of sp³-hybridized carbons (Fsp3) is 0.568. The third-order valence-electron chi connectivity index (χ3n) is 10.3. The van der Waals surface area contributed by atoms with Crippen molar-refractivity contribution in [3.63, 3.8) is 0 Å². The molecule has 2 aromatic rings. The molecule has 1 saturated heterocycles. The molecular weight excluding hydrogens is 724 g/mol. The SMILES string of the molecule is COC(=O)[C@@]12C[C@H]1C=CCCCCC[C@H](NC(=O)OC1CCCC1)C(=O)N1C[C@H](Oc3cc(C(=O)CBr)nc4cc(OC)ccc34)C[C@H]1C(=O)N2. The van der Waals surface area contributed by atoms with Crippen LogP contribution in [0.1, 0.15) is 81.1 Å². The zero-order valence-electron chi connectivity index (χ0n) is 29.0. The minimum atomic E-state index is -1.23. The Balaban J connectivity index is 1.32. The Morgan fingerprint density at radius 1 is 1.04 bits per heavy atom. The standard InChI is InChI=1S/C37H45BrN4O9/c1-48-24-14-15-26-28(16-24)39-29(31(43)20-38)18-32(26)50-25-17-30-33(44)41-37(35(46)49-2)19-22(37)10-6-4-3-5-7-13-27(34(45)42(30)21-25)40-36(47)51-23-11-8-9-12-23/h6,10,14-16,18,22-23,25,27,30H,3-5,7-9,11-13,17,19-21H2,1-2H3,(H,40,47)(H,41,44)/t22-,25-,27+,30+,37-/m1/s1. The number of esters is 1. The molecule has 2 aliphatic heterocycles. The number of pyridine rings is 1. The van der Waals surface area contributed by atoms with Crippen LogP contribution in [0.4, 0.5) is 4.79 Å². The van der Waals surface area contributed by atoms with E-state index in [1.165, 1.54) is 19.1 Å². The summed E-state index contributed by atoms with van der Waals surface area (Å²) in [6.45, 7) is 0.0169. The third-order valence-corrected chi connectivity index (χ3v) is 10.8. The molecule has 5 atom stereocenters. The van der Waals surface area contributed by atoms with Crippen LogP contribution in [-0.2, 0) is 23.9 Å². The van der Waals surface area contributed by atoms with Crippen molar-refractivity contribution in [1.82, 2.24) is 20.5 Å². The topological polar surface area (TPSA) is 162 Å². The first kappa shape index (κ1) is 36.6. The van der Waals surface area contributed by atoms with Crippen LogP contribution >= 0.6 is 15.9 Å². The van der Waals surface area contributed by atoms with Crippen LogP contribution in [0.15, 0.2) is 36.4 Å². The number of Topliss-reactive ketones (excluding diaryl/α,β-unsaturated/α-hetero) is 1. The highest BCUT2D eigenvalue weighted by molar-refractivity contribution is 9.09.